The first-order chi connectivity index (χ1) is 9.63. The van der Waals surface area contributed by atoms with Crippen LogP contribution in [-0.4, -0.2) is 0 Å². The molecule has 3 heteroatoms. The van der Waals surface area contributed by atoms with Gasteiger partial charge in [0, 0.05) is 5.69 Å². The van der Waals surface area contributed by atoms with E-state index in [9.17, 15) is 0 Å². The highest BCUT2D eigenvalue weighted by molar-refractivity contribution is 9.10. The summed E-state index contributed by atoms with van der Waals surface area (Å²) < 4.78 is 6.90. The number of rotatable bonds is 2. The van der Waals surface area contributed by atoms with Crippen LogP contribution in [0.3, 0.4) is 0 Å². The van der Waals surface area contributed by atoms with Crippen LogP contribution in [0, 0.1) is 6.92 Å². The maximum absolute atomic E-state index is 6.01. The molecule has 0 unspecified atom stereocenters. The summed E-state index contributed by atoms with van der Waals surface area (Å²) in [4.78, 5) is 0. The first-order valence-corrected chi connectivity index (χ1v) is 7.78. The average Bonchev–Trinajstić information content (AvgIpc) is 2.44. The summed E-state index contributed by atoms with van der Waals surface area (Å²) in [6.07, 6.45) is 4.94. The van der Waals surface area contributed by atoms with Crippen LogP contribution in [0.15, 0.2) is 34.8 Å². The number of anilines is 1. The summed E-state index contributed by atoms with van der Waals surface area (Å²) in [6, 6.07) is 10.3. The normalized spacial score (nSPS) is 13.9. The summed E-state index contributed by atoms with van der Waals surface area (Å²) in [6.45, 7) is 1.99. The molecule has 0 heterocycles. The molecule has 0 fully saturated rings. The molecule has 0 bridgehead atoms. The van der Waals surface area contributed by atoms with E-state index in [-0.39, 0.29) is 0 Å². The second-order valence-corrected chi connectivity index (χ2v) is 6.23. The van der Waals surface area contributed by atoms with E-state index in [0.29, 0.717) is 0 Å². The standard InChI is InChI=1S/C17H18BrNO/c1-11-8-17(15(18)10-16(11)19)20-14-7-6-12-4-2-3-5-13(12)9-14/h6-10H,2-5,19H2,1H3. The van der Waals surface area contributed by atoms with E-state index in [1.807, 2.05) is 19.1 Å². The zero-order chi connectivity index (χ0) is 14.1. The van der Waals surface area contributed by atoms with E-state index < -0.39 is 0 Å². The van der Waals surface area contributed by atoms with E-state index in [0.717, 1.165) is 33.6 Å². The number of hydrogen-bond acceptors (Lipinski definition) is 2. The summed E-state index contributed by atoms with van der Waals surface area (Å²) in [7, 11) is 0. The highest BCUT2D eigenvalue weighted by atomic mass is 79.9. The minimum Gasteiger partial charge on any atom is -0.456 e. The predicted molar refractivity (Wildman–Crippen MR) is 86.4 cm³/mol. The number of aryl methyl sites for hydroxylation is 3. The lowest BCUT2D eigenvalue weighted by molar-refractivity contribution is 0.477. The molecule has 1 aliphatic carbocycles. The SMILES string of the molecule is Cc1cc(Oc2ccc3c(c2)CCCC3)c(Br)cc1N. The molecule has 104 valence electrons. The highest BCUT2D eigenvalue weighted by Crippen LogP contribution is 2.34. The van der Waals surface area contributed by atoms with Gasteiger partial charge in [-0.1, -0.05) is 6.07 Å². The van der Waals surface area contributed by atoms with Crippen molar-refractivity contribution in [3.63, 3.8) is 0 Å². The van der Waals surface area contributed by atoms with Crippen molar-refractivity contribution in [1.29, 1.82) is 0 Å². The molecule has 3 rings (SSSR count). The molecule has 20 heavy (non-hydrogen) atoms. The summed E-state index contributed by atoms with van der Waals surface area (Å²) in [5.74, 6) is 1.71. The van der Waals surface area contributed by atoms with Crippen molar-refractivity contribution >= 4 is 21.6 Å². The van der Waals surface area contributed by atoms with Gasteiger partial charge in [0.1, 0.15) is 11.5 Å². The Hall–Kier alpha value is -1.48. The lowest BCUT2D eigenvalue weighted by Crippen LogP contribution is -2.02. The van der Waals surface area contributed by atoms with Crippen LogP contribution in [0.4, 0.5) is 5.69 Å². The van der Waals surface area contributed by atoms with Crippen LogP contribution >= 0.6 is 15.9 Å². The molecule has 0 spiro atoms. The van der Waals surface area contributed by atoms with Gasteiger partial charge in [-0.15, -0.1) is 0 Å². The zero-order valence-electron chi connectivity index (χ0n) is 11.6. The first kappa shape index (κ1) is 13.5. The van der Waals surface area contributed by atoms with Gasteiger partial charge < -0.3 is 10.5 Å². The lowest BCUT2D eigenvalue weighted by atomic mass is 9.92. The number of fused-ring (bicyclic) bond motifs is 1. The van der Waals surface area contributed by atoms with Gasteiger partial charge >= 0.3 is 0 Å². The van der Waals surface area contributed by atoms with Crippen molar-refractivity contribution in [3.8, 4) is 11.5 Å². The largest absolute Gasteiger partial charge is 0.456 e. The fraction of sp³-hybridized carbons (Fsp3) is 0.294. The topological polar surface area (TPSA) is 35.2 Å². The molecule has 0 amide bonds. The second kappa shape index (κ2) is 5.49. The highest BCUT2D eigenvalue weighted by Gasteiger charge is 2.11. The molecular weight excluding hydrogens is 314 g/mol. The molecule has 2 N–H and O–H groups in total. The van der Waals surface area contributed by atoms with Crippen molar-refractivity contribution in [2.75, 3.05) is 5.73 Å². The third-order valence-corrected chi connectivity index (χ3v) is 4.49. The zero-order valence-corrected chi connectivity index (χ0v) is 13.2. The minimum absolute atomic E-state index is 0.773. The molecule has 0 aliphatic heterocycles. The molecule has 1 aliphatic rings. The smallest absolute Gasteiger partial charge is 0.142 e. The molecule has 0 atom stereocenters. The van der Waals surface area contributed by atoms with E-state index in [2.05, 4.69) is 34.1 Å². The molecule has 0 aromatic heterocycles. The quantitative estimate of drug-likeness (QED) is 0.785. The van der Waals surface area contributed by atoms with Gasteiger partial charge in [-0.3, -0.25) is 0 Å². The molecule has 0 saturated carbocycles. The summed E-state index contributed by atoms with van der Waals surface area (Å²) >= 11 is 3.51. The van der Waals surface area contributed by atoms with Crippen LogP contribution in [0.2, 0.25) is 0 Å². The van der Waals surface area contributed by atoms with Crippen LogP contribution in [0.1, 0.15) is 29.5 Å². The fourth-order valence-corrected chi connectivity index (χ4v) is 3.09. The van der Waals surface area contributed by atoms with Gasteiger partial charge in [0.25, 0.3) is 0 Å². The van der Waals surface area contributed by atoms with E-state index in [4.69, 9.17) is 10.5 Å². The maximum atomic E-state index is 6.01. The third kappa shape index (κ3) is 2.68. The van der Waals surface area contributed by atoms with Gasteiger partial charge in [-0.2, -0.15) is 0 Å². The number of nitrogen functional groups attached to an aromatic ring is 1. The fourth-order valence-electron chi connectivity index (χ4n) is 2.65. The predicted octanol–water partition coefficient (Wildman–Crippen LogP) is 5.01. The molecular formula is C17H18BrNO. The number of ether oxygens (including phenoxy) is 1. The second-order valence-electron chi connectivity index (χ2n) is 5.38. The van der Waals surface area contributed by atoms with Crippen molar-refractivity contribution in [2.24, 2.45) is 0 Å². The Kier molecular flexibility index (Phi) is 3.70. The third-order valence-electron chi connectivity index (χ3n) is 3.87. The number of halogens is 1. The Morgan fingerprint density at radius 2 is 1.80 bits per heavy atom. The first-order valence-electron chi connectivity index (χ1n) is 6.99. The van der Waals surface area contributed by atoms with Crippen molar-refractivity contribution < 1.29 is 4.74 Å². The van der Waals surface area contributed by atoms with Crippen LogP contribution < -0.4 is 10.5 Å². The van der Waals surface area contributed by atoms with E-state index in [1.165, 1.54) is 30.4 Å². The molecule has 2 aromatic carbocycles. The Balaban J connectivity index is 1.89. The molecule has 2 nitrogen and oxygen atoms in total. The number of hydrogen-bond donors (Lipinski definition) is 1. The molecule has 0 radical (unpaired) electrons. The van der Waals surface area contributed by atoms with Crippen molar-refractivity contribution in [2.45, 2.75) is 32.6 Å². The van der Waals surface area contributed by atoms with Gasteiger partial charge in [-0.05, 0) is 89.5 Å². The van der Waals surface area contributed by atoms with Crippen LogP contribution in [0.5, 0.6) is 11.5 Å². The van der Waals surface area contributed by atoms with Crippen molar-refractivity contribution in [1.82, 2.24) is 0 Å². The average molecular weight is 332 g/mol. The number of nitrogens with two attached hydrogens (primary N) is 1. The lowest BCUT2D eigenvalue weighted by Gasteiger charge is -2.17. The van der Waals surface area contributed by atoms with Gasteiger partial charge in [-0.25, -0.2) is 0 Å². The Morgan fingerprint density at radius 1 is 1.05 bits per heavy atom. The van der Waals surface area contributed by atoms with Crippen LogP contribution in [0.25, 0.3) is 0 Å². The van der Waals surface area contributed by atoms with E-state index >= 15 is 0 Å². The van der Waals surface area contributed by atoms with Gasteiger partial charge in [0.15, 0.2) is 0 Å². The Morgan fingerprint density at radius 3 is 2.60 bits per heavy atom. The molecule has 2 aromatic rings. The van der Waals surface area contributed by atoms with Gasteiger partial charge in [0.2, 0.25) is 0 Å². The minimum atomic E-state index is 0.773. The monoisotopic (exact) mass is 331 g/mol. The van der Waals surface area contributed by atoms with E-state index in [1.54, 1.807) is 0 Å². The summed E-state index contributed by atoms with van der Waals surface area (Å²) in [5.41, 5.74) is 10.6. The maximum Gasteiger partial charge on any atom is 0.142 e. The Bertz CT molecular complexity index is 652. The Labute approximate surface area is 128 Å². The van der Waals surface area contributed by atoms with Crippen molar-refractivity contribution in [3.05, 3.63) is 51.5 Å². The summed E-state index contributed by atoms with van der Waals surface area (Å²) in [5, 5.41) is 0. The molecule has 0 saturated heterocycles. The van der Waals surface area contributed by atoms with Gasteiger partial charge in [0.05, 0.1) is 4.47 Å². The van der Waals surface area contributed by atoms with Crippen LogP contribution in [-0.2, 0) is 12.8 Å². The number of benzene rings is 2.